The second-order valence-corrected chi connectivity index (χ2v) is 5.21. The van der Waals surface area contributed by atoms with Crippen LogP contribution in [0.3, 0.4) is 0 Å². The SMILES string of the molecule is CC(C)CC(NC(=O)Cn1ccc(=O)n(C)c1=O)C(=O)O. The molecule has 8 heteroatoms. The molecule has 0 aliphatic heterocycles. The monoisotopic (exact) mass is 297 g/mol. The molecule has 0 spiro atoms. The molecule has 2 N–H and O–H groups in total. The predicted molar refractivity (Wildman–Crippen MR) is 75.0 cm³/mol. The van der Waals surface area contributed by atoms with Crippen LogP contribution in [-0.4, -0.2) is 32.2 Å². The van der Waals surface area contributed by atoms with Crippen LogP contribution in [0.1, 0.15) is 20.3 Å². The van der Waals surface area contributed by atoms with E-state index >= 15 is 0 Å². The Morgan fingerprint density at radius 3 is 2.48 bits per heavy atom. The quantitative estimate of drug-likeness (QED) is 0.711. The number of carbonyl (C=O) groups excluding carboxylic acids is 1. The fourth-order valence-corrected chi connectivity index (χ4v) is 1.82. The molecule has 1 aromatic heterocycles. The number of carboxylic acids is 1. The molecule has 0 aliphatic carbocycles. The summed E-state index contributed by atoms with van der Waals surface area (Å²) in [5, 5.41) is 11.4. The van der Waals surface area contributed by atoms with Gasteiger partial charge in [0.2, 0.25) is 5.91 Å². The number of amides is 1. The number of rotatable bonds is 6. The van der Waals surface area contributed by atoms with Crippen molar-refractivity contribution in [2.45, 2.75) is 32.9 Å². The Labute approximate surface area is 121 Å². The number of hydrogen-bond acceptors (Lipinski definition) is 4. The van der Waals surface area contributed by atoms with Gasteiger partial charge in [0, 0.05) is 19.3 Å². The van der Waals surface area contributed by atoms with Crippen LogP contribution in [0.2, 0.25) is 0 Å². The summed E-state index contributed by atoms with van der Waals surface area (Å²) >= 11 is 0. The van der Waals surface area contributed by atoms with Crippen molar-refractivity contribution in [2.24, 2.45) is 13.0 Å². The zero-order chi connectivity index (χ0) is 16.2. The van der Waals surface area contributed by atoms with Crippen molar-refractivity contribution in [1.82, 2.24) is 14.5 Å². The van der Waals surface area contributed by atoms with Crippen LogP contribution in [0, 0.1) is 5.92 Å². The number of aromatic nitrogens is 2. The van der Waals surface area contributed by atoms with Crippen molar-refractivity contribution < 1.29 is 14.7 Å². The normalized spacial score (nSPS) is 12.2. The van der Waals surface area contributed by atoms with Gasteiger partial charge in [-0.3, -0.25) is 18.7 Å². The molecule has 1 amide bonds. The van der Waals surface area contributed by atoms with E-state index in [1.54, 1.807) is 0 Å². The summed E-state index contributed by atoms with van der Waals surface area (Å²) in [5.74, 6) is -1.61. The summed E-state index contributed by atoms with van der Waals surface area (Å²) in [7, 11) is 1.30. The van der Waals surface area contributed by atoms with E-state index in [0.717, 1.165) is 15.2 Å². The van der Waals surface area contributed by atoms with Crippen LogP contribution in [0.15, 0.2) is 21.9 Å². The van der Waals surface area contributed by atoms with Gasteiger partial charge in [-0.05, 0) is 12.3 Å². The van der Waals surface area contributed by atoms with Gasteiger partial charge in [-0.15, -0.1) is 0 Å². The van der Waals surface area contributed by atoms with Gasteiger partial charge in [0.05, 0.1) is 0 Å². The van der Waals surface area contributed by atoms with E-state index in [9.17, 15) is 19.2 Å². The molecule has 1 aromatic rings. The highest BCUT2D eigenvalue weighted by Crippen LogP contribution is 2.04. The third-order valence-corrected chi connectivity index (χ3v) is 2.91. The van der Waals surface area contributed by atoms with E-state index in [1.807, 2.05) is 13.8 Å². The van der Waals surface area contributed by atoms with Gasteiger partial charge in [0.1, 0.15) is 12.6 Å². The van der Waals surface area contributed by atoms with Crippen LogP contribution in [0.5, 0.6) is 0 Å². The molecule has 0 radical (unpaired) electrons. The van der Waals surface area contributed by atoms with Crippen LogP contribution >= 0.6 is 0 Å². The van der Waals surface area contributed by atoms with E-state index in [-0.39, 0.29) is 12.5 Å². The lowest BCUT2D eigenvalue weighted by molar-refractivity contribution is -0.142. The molecule has 1 unspecified atom stereocenters. The average molecular weight is 297 g/mol. The van der Waals surface area contributed by atoms with Crippen molar-refractivity contribution in [1.29, 1.82) is 0 Å². The maximum atomic E-state index is 11.8. The van der Waals surface area contributed by atoms with Crippen LogP contribution in [0.4, 0.5) is 0 Å². The first-order chi connectivity index (χ1) is 9.72. The van der Waals surface area contributed by atoms with Gasteiger partial charge in [0.15, 0.2) is 0 Å². The largest absolute Gasteiger partial charge is 0.480 e. The van der Waals surface area contributed by atoms with Gasteiger partial charge in [-0.1, -0.05) is 13.8 Å². The van der Waals surface area contributed by atoms with Gasteiger partial charge in [-0.25, -0.2) is 9.59 Å². The molecule has 0 bridgehead atoms. The number of carboxylic acid groups (broad SMARTS) is 1. The molecule has 116 valence electrons. The maximum Gasteiger partial charge on any atom is 0.331 e. The Kier molecular flexibility index (Phi) is 5.45. The van der Waals surface area contributed by atoms with Gasteiger partial charge in [-0.2, -0.15) is 0 Å². The fourth-order valence-electron chi connectivity index (χ4n) is 1.82. The molecular weight excluding hydrogens is 278 g/mol. The van der Waals surface area contributed by atoms with E-state index in [2.05, 4.69) is 5.32 Å². The van der Waals surface area contributed by atoms with Crippen molar-refractivity contribution in [3.8, 4) is 0 Å². The molecule has 0 saturated heterocycles. The predicted octanol–water partition coefficient (Wildman–Crippen LogP) is -0.837. The molecule has 0 aromatic carbocycles. The minimum absolute atomic E-state index is 0.103. The third kappa shape index (κ3) is 4.59. The lowest BCUT2D eigenvalue weighted by Crippen LogP contribution is -2.45. The number of nitrogens with one attached hydrogen (secondary N) is 1. The molecule has 0 fully saturated rings. The summed E-state index contributed by atoms with van der Waals surface area (Å²) in [4.78, 5) is 45.9. The topological polar surface area (TPSA) is 110 Å². The lowest BCUT2D eigenvalue weighted by atomic mass is 10.0. The number of hydrogen-bond donors (Lipinski definition) is 2. The molecule has 0 saturated carbocycles. The summed E-state index contributed by atoms with van der Waals surface area (Å²) in [6.07, 6.45) is 1.51. The number of carbonyl (C=O) groups is 2. The Hall–Kier alpha value is -2.38. The first-order valence-corrected chi connectivity index (χ1v) is 6.51. The first-order valence-electron chi connectivity index (χ1n) is 6.51. The third-order valence-electron chi connectivity index (χ3n) is 2.91. The molecule has 21 heavy (non-hydrogen) atoms. The molecule has 1 atom stereocenters. The zero-order valence-electron chi connectivity index (χ0n) is 12.2. The van der Waals surface area contributed by atoms with Gasteiger partial charge >= 0.3 is 11.7 Å². The number of nitrogens with zero attached hydrogens (tertiary/aromatic N) is 2. The van der Waals surface area contributed by atoms with Crippen LogP contribution in [-0.2, 0) is 23.2 Å². The standard InChI is InChI=1S/C13H19N3O5/c1-8(2)6-9(12(19)20)14-10(17)7-16-5-4-11(18)15(3)13(16)21/h4-5,8-9H,6-7H2,1-3H3,(H,14,17)(H,19,20). The number of aliphatic carboxylic acids is 1. The van der Waals surface area contributed by atoms with Gasteiger partial charge < -0.3 is 10.4 Å². The highest BCUT2D eigenvalue weighted by atomic mass is 16.4. The molecular formula is C13H19N3O5. The summed E-state index contributed by atoms with van der Waals surface area (Å²) < 4.78 is 1.92. The summed E-state index contributed by atoms with van der Waals surface area (Å²) in [5.41, 5.74) is -1.10. The minimum atomic E-state index is -1.12. The average Bonchev–Trinajstić information content (AvgIpc) is 2.38. The summed E-state index contributed by atoms with van der Waals surface area (Å²) in [6, 6.07) is 0.165. The summed E-state index contributed by atoms with van der Waals surface area (Å²) in [6.45, 7) is 3.36. The smallest absolute Gasteiger partial charge is 0.331 e. The van der Waals surface area contributed by atoms with Crippen molar-refractivity contribution in [3.05, 3.63) is 33.1 Å². The van der Waals surface area contributed by atoms with Crippen molar-refractivity contribution in [3.63, 3.8) is 0 Å². The Morgan fingerprint density at radius 1 is 1.33 bits per heavy atom. The fraction of sp³-hybridized carbons (Fsp3) is 0.538. The second kappa shape index (κ2) is 6.87. The maximum absolute atomic E-state index is 11.8. The van der Waals surface area contributed by atoms with E-state index in [1.165, 1.54) is 13.2 Å². The molecule has 0 aliphatic rings. The van der Waals surface area contributed by atoms with E-state index in [0.29, 0.717) is 6.42 Å². The highest BCUT2D eigenvalue weighted by Gasteiger charge is 2.21. The Balaban J connectivity index is 2.82. The molecule has 8 nitrogen and oxygen atoms in total. The van der Waals surface area contributed by atoms with Crippen LogP contribution in [0.25, 0.3) is 0 Å². The van der Waals surface area contributed by atoms with Crippen molar-refractivity contribution in [2.75, 3.05) is 0 Å². The van der Waals surface area contributed by atoms with Crippen molar-refractivity contribution >= 4 is 11.9 Å². The van der Waals surface area contributed by atoms with Crippen LogP contribution < -0.4 is 16.6 Å². The van der Waals surface area contributed by atoms with E-state index < -0.39 is 29.2 Å². The highest BCUT2D eigenvalue weighted by molar-refractivity contribution is 5.83. The Morgan fingerprint density at radius 2 is 1.95 bits per heavy atom. The first kappa shape index (κ1) is 16.7. The molecule has 1 rings (SSSR count). The Bertz CT molecular complexity index is 644. The zero-order valence-corrected chi connectivity index (χ0v) is 12.2. The lowest BCUT2D eigenvalue weighted by Gasteiger charge is -2.16. The van der Waals surface area contributed by atoms with Gasteiger partial charge in [0.25, 0.3) is 5.56 Å². The second-order valence-electron chi connectivity index (χ2n) is 5.21. The molecule has 1 heterocycles. The van der Waals surface area contributed by atoms with E-state index in [4.69, 9.17) is 5.11 Å². The minimum Gasteiger partial charge on any atom is -0.480 e.